The number of hydrogen-bond donors (Lipinski definition) is 1. The van der Waals surface area contributed by atoms with Crippen LogP contribution in [-0.4, -0.2) is 57.8 Å². The Kier molecular flexibility index (Phi) is 3.40. The molecule has 0 aromatic carbocycles. The van der Waals surface area contributed by atoms with Gasteiger partial charge in [-0.15, -0.1) is 0 Å². The van der Waals surface area contributed by atoms with E-state index in [0.717, 1.165) is 13.1 Å². The molecule has 1 N–H and O–H groups in total. The van der Waals surface area contributed by atoms with Gasteiger partial charge in [-0.25, -0.2) is 9.59 Å². The lowest BCUT2D eigenvalue weighted by Crippen LogP contribution is -2.38. The van der Waals surface area contributed by atoms with Crippen molar-refractivity contribution in [1.29, 1.82) is 0 Å². The number of hydrogen-bond acceptors (Lipinski definition) is 7. The van der Waals surface area contributed by atoms with Crippen LogP contribution in [0.1, 0.15) is 37.4 Å². The van der Waals surface area contributed by atoms with E-state index < -0.39 is 18.0 Å². The highest BCUT2D eigenvalue weighted by atomic mass is 16.6. The molecule has 0 aliphatic carbocycles. The van der Waals surface area contributed by atoms with Gasteiger partial charge in [0.1, 0.15) is 6.10 Å². The van der Waals surface area contributed by atoms with Crippen LogP contribution in [0, 0.1) is 5.92 Å². The minimum atomic E-state index is -1.57. The molecule has 114 valence electrons. The molecule has 3 heterocycles. The van der Waals surface area contributed by atoms with Gasteiger partial charge in [0.25, 0.3) is 0 Å². The number of ether oxygens (including phenoxy) is 1. The summed E-state index contributed by atoms with van der Waals surface area (Å²) in [6.45, 7) is 6.05. The second-order valence-electron chi connectivity index (χ2n) is 5.88. The lowest BCUT2D eigenvalue weighted by molar-refractivity contribution is -0.168. The Labute approximate surface area is 121 Å². The van der Waals surface area contributed by atoms with Gasteiger partial charge in [-0.05, 0) is 0 Å². The number of aromatic nitrogens is 2. The third-order valence-electron chi connectivity index (χ3n) is 4.08. The Hall–Kier alpha value is -1.96. The number of carboxylic acid groups (broad SMARTS) is 1. The van der Waals surface area contributed by atoms with Crippen molar-refractivity contribution < 1.29 is 24.0 Å². The molecule has 0 amide bonds. The van der Waals surface area contributed by atoms with Crippen LogP contribution in [-0.2, 0) is 14.3 Å². The zero-order chi connectivity index (χ0) is 15.1. The number of carbonyl (C=O) groups is 2. The van der Waals surface area contributed by atoms with Crippen LogP contribution in [0.15, 0.2) is 4.52 Å². The maximum atomic E-state index is 11.2. The average molecular weight is 295 g/mol. The maximum absolute atomic E-state index is 11.2. The molecule has 1 aromatic rings. The largest absolute Gasteiger partial charge is 0.473 e. The Morgan fingerprint density at radius 2 is 2.14 bits per heavy atom. The molecule has 1 aromatic heterocycles. The Morgan fingerprint density at radius 3 is 2.71 bits per heavy atom. The minimum absolute atomic E-state index is 0.00811. The van der Waals surface area contributed by atoms with Gasteiger partial charge in [0.2, 0.25) is 5.89 Å². The van der Waals surface area contributed by atoms with Gasteiger partial charge in [-0.1, -0.05) is 19.0 Å². The van der Waals surface area contributed by atoms with Crippen LogP contribution < -0.4 is 0 Å². The van der Waals surface area contributed by atoms with E-state index in [1.165, 1.54) is 0 Å². The SMILES string of the molecule is CC(C)c1noc(C2CN3CC(OC(=O)C(=O)O)C2C3)n1. The van der Waals surface area contributed by atoms with Gasteiger partial charge in [0.05, 0.1) is 5.92 Å². The van der Waals surface area contributed by atoms with Gasteiger partial charge in [0.15, 0.2) is 5.82 Å². The summed E-state index contributed by atoms with van der Waals surface area (Å²) in [6.07, 6.45) is -0.429. The summed E-state index contributed by atoms with van der Waals surface area (Å²) in [6, 6.07) is 0. The van der Waals surface area contributed by atoms with Crippen molar-refractivity contribution in [3.63, 3.8) is 0 Å². The van der Waals surface area contributed by atoms with Gasteiger partial charge < -0.3 is 14.4 Å². The van der Waals surface area contributed by atoms with Crippen molar-refractivity contribution in [2.24, 2.45) is 5.92 Å². The quantitative estimate of drug-likeness (QED) is 0.623. The van der Waals surface area contributed by atoms with E-state index in [1.54, 1.807) is 0 Å². The predicted molar refractivity (Wildman–Crippen MR) is 68.6 cm³/mol. The van der Waals surface area contributed by atoms with E-state index in [0.29, 0.717) is 18.3 Å². The summed E-state index contributed by atoms with van der Waals surface area (Å²) in [5, 5.41) is 12.6. The zero-order valence-corrected chi connectivity index (χ0v) is 11.9. The van der Waals surface area contributed by atoms with E-state index in [2.05, 4.69) is 15.0 Å². The number of carboxylic acids is 1. The van der Waals surface area contributed by atoms with Gasteiger partial charge in [-0.3, -0.25) is 4.90 Å². The molecule has 8 heteroatoms. The molecule has 4 unspecified atom stereocenters. The van der Waals surface area contributed by atoms with Crippen molar-refractivity contribution in [3.05, 3.63) is 11.7 Å². The first-order valence-corrected chi connectivity index (χ1v) is 6.95. The molecule has 2 bridgehead atoms. The molecule has 8 nitrogen and oxygen atoms in total. The predicted octanol–water partition coefficient (Wildman–Crippen LogP) is 0.218. The van der Waals surface area contributed by atoms with Crippen LogP contribution in [0.5, 0.6) is 0 Å². The molecule has 4 atom stereocenters. The molecule has 2 aliphatic rings. The second kappa shape index (κ2) is 5.10. The molecule has 0 radical (unpaired) electrons. The molecule has 2 fully saturated rings. The number of aliphatic carboxylic acids is 1. The molecule has 2 aliphatic heterocycles. The fourth-order valence-corrected chi connectivity index (χ4v) is 3.04. The maximum Gasteiger partial charge on any atom is 0.417 e. The fourth-order valence-electron chi connectivity index (χ4n) is 3.04. The number of nitrogens with zero attached hydrogens (tertiary/aromatic N) is 3. The topological polar surface area (TPSA) is 106 Å². The van der Waals surface area contributed by atoms with Crippen molar-refractivity contribution in [3.8, 4) is 0 Å². The van der Waals surface area contributed by atoms with E-state index in [4.69, 9.17) is 14.4 Å². The molecular formula is C13H17N3O5. The van der Waals surface area contributed by atoms with E-state index in [1.807, 2.05) is 13.8 Å². The summed E-state index contributed by atoms with van der Waals surface area (Å²) >= 11 is 0. The Bertz CT molecular complexity index is 570. The Balaban J connectivity index is 1.73. The molecular weight excluding hydrogens is 278 g/mol. The van der Waals surface area contributed by atoms with Gasteiger partial charge >= 0.3 is 11.9 Å². The smallest absolute Gasteiger partial charge is 0.417 e. The van der Waals surface area contributed by atoms with E-state index in [9.17, 15) is 9.59 Å². The third-order valence-corrected chi connectivity index (χ3v) is 4.08. The highest BCUT2D eigenvalue weighted by Crippen LogP contribution is 2.40. The summed E-state index contributed by atoms with van der Waals surface area (Å²) in [4.78, 5) is 28.3. The average Bonchev–Trinajstić information content (AvgIpc) is 3.12. The van der Waals surface area contributed by atoms with Crippen molar-refractivity contribution in [2.75, 3.05) is 19.6 Å². The molecule has 3 rings (SSSR count). The number of esters is 1. The highest BCUT2D eigenvalue weighted by Gasteiger charge is 2.50. The summed E-state index contributed by atoms with van der Waals surface area (Å²) in [5.74, 6) is -1.39. The van der Waals surface area contributed by atoms with Crippen LogP contribution in [0.25, 0.3) is 0 Å². The van der Waals surface area contributed by atoms with Gasteiger partial charge in [-0.2, -0.15) is 4.98 Å². The van der Waals surface area contributed by atoms with Crippen LogP contribution in [0.3, 0.4) is 0 Å². The molecule has 2 saturated heterocycles. The fraction of sp³-hybridized carbons (Fsp3) is 0.692. The van der Waals surface area contributed by atoms with E-state index >= 15 is 0 Å². The van der Waals surface area contributed by atoms with E-state index in [-0.39, 0.29) is 17.8 Å². The first-order chi connectivity index (χ1) is 9.95. The second-order valence-corrected chi connectivity index (χ2v) is 5.88. The molecule has 21 heavy (non-hydrogen) atoms. The van der Waals surface area contributed by atoms with Gasteiger partial charge in [0, 0.05) is 31.5 Å². The standard InChI is InChI=1S/C13H17N3O5/c1-6(2)10-14-11(21-15-10)8-4-16-3-7(8)9(5-16)20-13(19)12(17)18/h6-9H,3-5H2,1-2H3,(H,17,18). The van der Waals surface area contributed by atoms with Crippen molar-refractivity contribution >= 4 is 11.9 Å². The first-order valence-electron chi connectivity index (χ1n) is 6.95. The van der Waals surface area contributed by atoms with Crippen molar-refractivity contribution in [2.45, 2.75) is 31.8 Å². The highest BCUT2D eigenvalue weighted by molar-refractivity contribution is 6.28. The number of carbonyl (C=O) groups excluding carboxylic acids is 1. The lowest BCUT2D eigenvalue weighted by atomic mass is 9.90. The molecule has 0 spiro atoms. The number of piperidine rings is 1. The lowest BCUT2D eigenvalue weighted by Gasteiger charge is -2.26. The number of rotatable bonds is 3. The summed E-state index contributed by atoms with van der Waals surface area (Å²) in [5.41, 5.74) is 0. The summed E-state index contributed by atoms with van der Waals surface area (Å²) < 4.78 is 10.4. The zero-order valence-electron chi connectivity index (χ0n) is 11.9. The van der Waals surface area contributed by atoms with Crippen molar-refractivity contribution in [1.82, 2.24) is 15.0 Å². The third kappa shape index (κ3) is 2.51. The van der Waals surface area contributed by atoms with Crippen LogP contribution in [0.2, 0.25) is 0 Å². The molecule has 0 saturated carbocycles. The first kappa shape index (κ1) is 14.0. The van der Waals surface area contributed by atoms with Crippen LogP contribution >= 0.6 is 0 Å². The minimum Gasteiger partial charge on any atom is -0.473 e. The van der Waals surface area contributed by atoms with Crippen LogP contribution in [0.4, 0.5) is 0 Å². The number of fused-ring (bicyclic) bond motifs is 2. The Morgan fingerprint density at radius 1 is 1.38 bits per heavy atom. The normalized spacial score (nSPS) is 30.8. The monoisotopic (exact) mass is 295 g/mol. The summed E-state index contributed by atoms with van der Waals surface area (Å²) in [7, 11) is 0.